The molecule has 8 nitrogen and oxygen atoms in total. The van der Waals surface area contributed by atoms with Crippen LogP contribution in [0.4, 0.5) is 5.95 Å². The molecule has 0 aromatic carbocycles. The van der Waals surface area contributed by atoms with Crippen molar-refractivity contribution in [3.05, 3.63) is 0 Å². The van der Waals surface area contributed by atoms with E-state index in [1.165, 1.54) is 7.11 Å². The lowest BCUT2D eigenvalue weighted by Crippen LogP contribution is -2.25. The molecule has 0 saturated carbocycles. The third kappa shape index (κ3) is 4.40. The number of aliphatic carboxylic acids is 1. The number of nitrogens with zero attached hydrogens (tertiary/aromatic N) is 2. The van der Waals surface area contributed by atoms with E-state index in [1.807, 2.05) is 0 Å². The minimum absolute atomic E-state index is 0.0717. The van der Waals surface area contributed by atoms with Crippen molar-refractivity contribution in [1.82, 2.24) is 15.2 Å². The molecule has 0 saturated heterocycles. The summed E-state index contributed by atoms with van der Waals surface area (Å²) in [6.07, 6.45) is -0.0114. The normalized spacial score (nSPS) is 11.1. The number of methoxy groups -OCH3 is 1. The average molecular weight is 256 g/mol. The summed E-state index contributed by atoms with van der Waals surface area (Å²) < 4.78 is 4.75. The molecule has 0 radical (unpaired) electrons. The van der Waals surface area contributed by atoms with E-state index in [4.69, 9.17) is 9.84 Å². The van der Waals surface area contributed by atoms with Crippen LogP contribution in [0.25, 0.3) is 0 Å². The monoisotopic (exact) mass is 256 g/mol. The number of carbonyl (C=O) groups excluding carboxylic acids is 1. The maximum Gasteiger partial charge on any atom is 0.336 e. The number of aromatic nitrogens is 3. The van der Waals surface area contributed by atoms with Crippen LogP contribution in [-0.2, 0) is 9.59 Å². The summed E-state index contributed by atoms with van der Waals surface area (Å²) in [6, 6.07) is 0.120. The van der Waals surface area contributed by atoms with Gasteiger partial charge in [-0.3, -0.25) is 14.9 Å². The third-order valence-electron chi connectivity index (χ3n) is 2.17. The second-order valence-corrected chi connectivity index (χ2v) is 4.63. The maximum absolute atomic E-state index is 11.7. The summed E-state index contributed by atoms with van der Waals surface area (Å²) in [5, 5.41) is 17.3. The van der Waals surface area contributed by atoms with E-state index < -0.39 is 11.4 Å². The van der Waals surface area contributed by atoms with Crippen LogP contribution >= 0.6 is 0 Å². The van der Waals surface area contributed by atoms with Crippen LogP contribution in [0.2, 0.25) is 0 Å². The zero-order chi connectivity index (χ0) is 13.8. The van der Waals surface area contributed by atoms with Gasteiger partial charge in [0.2, 0.25) is 11.9 Å². The van der Waals surface area contributed by atoms with Crippen LogP contribution in [-0.4, -0.2) is 39.3 Å². The number of carbonyl (C=O) groups is 2. The molecule has 1 aromatic rings. The van der Waals surface area contributed by atoms with Crippen molar-refractivity contribution in [2.45, 2.75) is 26.7 Å². The highest BCUT2D eigenvalue weighted by Crippen LogP contribution is 2.25. The zero-order valence-electron chi connectivity index (χ0n) is 10.5. The fourth-order valence-corrected chi connectivity index (χ4v) is 1.48. The van der Waals surface area contributed by atoms with Crippen LogP contribution in [0, 0.1) is 5.41 Å². The standard InChI is InChI=1S/C10H16N4O4/c1-10(2,5-7(16)17)4-6(15)11-8-12-9(18-3)14-13-8/h4-5H2,1-3H3,(H,16,17)(H2,11,12,13,14,15). The van der Waals surface area contributed by atoms with Crippen molar-refractivity contribution in [3.63, 3.8) is 0 Å². The first-order valence-electron chi connectivity index (χ1n) is 5.30. The van der Waals surface area contributed by atoms with Crippen molar-refractivity contribution in [3.8, 4) is 6.01 Å². The zero-order valence-corrected chi connectivity index (χ0v) is 10.5. The fraction of sp³-hybridized carbons (Fsp3) is 0.600. The third-order valence-corrected chi connectivity index (χ3v) is 2.17. The van der Waals surface area contributed by atoms with Gasteiger partial charge in [-0.2, -0.15) is 4.98 Å². The molecule has 0 aliphatic rings. The minimum Gasteiger partial charge on any atom is -0.481 e. The van der Waals surface area contributed by atoms with Crippen molar-refractivity contribution in [2.75, 3.05) is 12.4 Å². The van der Waals surface area contributed by atoms with Gasteiger partial charge in [0, 0.05) is 6.42 Å². The summed E-state index contributed by atoms with van der Waals surface area (Å²) >= 11 is 0. The molecule has 0 spiro atoms. The van der Waals surface area contributed by atoms with Crippen molar-refractivity contribution < 1.29 is 19.4 Å². The number of anilines is 1. The van der Waals surface area contributed by atoms with Gasteiger partial charge in [-0.1, -0.05) is 13.8 Å². The Morgan fingerprint density at radius 2 is 2.11 bits per heavy atom. The molecular weight excluding hydrogens is 240 g/mol. The van der Waals surface area contributed by atoms with E-state index in [0.29, 0.717) is 0 Å². The predicted molar refractivity (Wildman–Crippen MR) is 62.2 cm³/mol. The summed E-state index contributed by atoms with van der Waals surface area (Å²) in [4.78, 5) is 26.1. The van der Waals surface area contributed by atoms with Gasteiger partial charge in [0.1, 0.15) is 0 Å². The Balaban J connectivity index is 2.53. The maximum atomic E-state index is 11.7. The Morgan fingerprint density at radius 3 is 2.61 bits per heavy atom. The van der Waals surface area contributed by atoms with E-state index in [2.05, 4.69) is 20.5 Å². The molecule has 0 aliphatic carbocycles. The number of ether oxygens (including phenoxy) is 1. The number of amides is 1. The van der Waals surface area contributed by atoms with Crippen molar-refractivity contribution in [2.24, 2.45) is 5.41 Å². The SMILES string of the molecule is COc1n[nH]c(NC(=O)CC(C)(C)CC(=O)O)n1. The van der Waals surface area contributed by atoms with Gasteiger partial charge in [0.15, 0.2) is 0 Å². The molecule has 0 aliphatic heterocycles. The van der Waals surface area contributed by atoms with Crippen molar-refractivity contribution in [1.29, 1.82) is 0 Å². The van der Waals surface area contributed by atoms with Gasteiger partial charge in [-0.15, -0.1) is 5.10 Å². The molecule has 0 unspecified atom stereocenters. The number of carboxylic acids is 1. The molecule has 8 heteroatoms. The Morgan fingerprint density at radius 1 is 1.44 bits per heavy atom. The van der Waals surface area contributed by atoms with Crippen LogP contribution in [0.5, 0.6) is 6.01 Å². The highest BCUT2D eigenvalue weighted by molar-refractivity contribution is 5.89. The molecule has 1 amide bonds. The highest BCUT2D eigenvalue weighted by atomic mass is 16.5. The van der Waals surface area contributed by atoms with E-state index in [0.717, 1.165) is 0 Å². The Bertz CT molecular complexity index is 441. The molecule has 3 N–H and O–H groups in total. The second-order valence-electron chi connectivity index (χ2n) is 4.63. The number of hydrogen-bond donors (Lipinski definition) is 3. The van der Waals surface area contributed by atoms with E-state index >= 15 is 0 Å². The number of nitrogens with one attached hydrogen (secondary N) is 2. The number of H-pyrrole nitrogens is 1. The van der Waals surface area contributed by atoms with Gasteiger partial charge in [0.05, 0.1) is 13.5 Å². The van der Waals surface area contributed by atoms with Gasteiger partial charge in [-0.05, 0) is 5.41 Å². The van der Waals surface area contributed by atoms with Crippen LogP contribution in [0.3, 0.4) is 0 Å². The summed E-state index contributed by atoms with van der Waals surface area (Å²) in [5.74, 6) is -1.10. The molecule has 18 heavy (non-hydrogen) atoms. The van der Waals surface area contributed by atoms with Crippen LogP contribution in [0.15, 0.2) is 0 Å². The first-order valence-corrected chi connectivity index (χ1v) is 5.30. The number of carboxylic acid groups (broad SMARTS) is 1. The first kappa shape index (κ1) is 13.9. The second kappa shape index (κ2) is 5.48. The van der Waals surface area contributed by atoms with Gasteiger partial charge in [0.25, 0.3) is 0 Å². The summed E-state index contributed by atoms with van der Waals surface area (Å²) in [6.45, 7) is 3.42. The molecule has 1 aromatic heterocycles. The highest BCUT2D eigenvalue weighted by Gasteiger charge is 2.25. The van der Waals surface area contributed by atoms with E-state index in [-0.39, 0.29) is 30.7 Å². The number of rotatable bonds is 6. The Labute approximate surface area is 104 Å². The Hall–Kier alpha value is -2.12. The predicted octanol–water partition coefficient (Wildman–Crippen LogP) is 0.643. The van der Waals surface area contributed by atoms with Crippen LogP contribution in [0.1, 0.15) is 26.7 Å². The molecule has 0 atom stereocenters. The average Bonchev–Trinajstić information content (AvgIpc) is 2.61. The van der Waals surface area contributed by atoms with E-state index in [1.54, 1.807) is 13.8 Å². The van der Waals surface area contributed by atoms with Gasteiger partial charge < -0.3 is 9.84 Å². The number of hydrogen-bond acceptors (Lipinski definition) is 5. The van der Waals surface area contributed by atoms with Gasteiger partial charge >= 0.3 is 12.0 Å². The lowest BCUT2D eigenvalue weighted by atomic mass is 9.85. The largest absolute Gasteiger partial charge is 0.481 e. The Kier molecular flexibility index (Phi) is 4.24. The fourth-order valence-electron chi connectivity index (χ4n) is 1.48. The van der Waals surface area contributed by atoms with Crippen LogP contribution < -0.4 is 10.1 Å². The topological polar surface area (TPSA) is 117 Å². The molecule has 100 valence electrons. The minimum atomic E-state index is -0.936. The summed E-state index contributed by atoms with van der Waals surface area (Å²) in [5.41, 5.74) is -0.625. The summed E-state index contributed by atoms with van der Waals surface area (Å²) in [7, 11) is 1.41. The number of aromatic amines is 1. The molecule has 1 heterocycles. The lowest BCUT2D eigenvalue weighted by molar-refractivity contribution is -0.139. The van der Waals surface area contributed by atoms with Gasteiger partial charge in [-0.25, -0.2) is 5.10 Å². The molecule has 0 fully saturated rings. The molecule has 1 rings (SSSR count). The van der Waals surface area contributed by atoms with E-state index in [9.17, 15) is 9.59 Å². The molecular formula is C10H16N4O4. The quantitative estimate of drug-likeness (QED) is 0.687. The molecule has 0 bridgehead atoms. The first-order chi connectivity index (χ1) is 8.32. The smallest absolute Gasteiger partial charge is 0.336 e. The lowest BCUT2D eigenvalue weighted by Gasteiger charge is -2.20. The van der Waals surface area contributed by atoms with Crippen molar-refractivity contribution >= 4 is 17.8 Å².